The van der Waals surface area contributed by atoms with Crippen molar-refractivity contribution in [3.8, 4) is 0 Å². The molecule has 14 heavy (non-hydrogen) atoms. The maximum atomic E-state index is 5.19. The highest BCUT2D eigenvalue weighted by Crippen LogP contribution is 2.16. The number of thiocarbonyl (C=S) groups is 1. The Morgan fingerprint density at radius 3 is 1.71 bits per heavy atom. The fraction of sp³-hybridized carbons (Fsp3) is 0.909. The average Bonchev–Trinajstić information content (AvgIpc) is 2.04. The van der Waals surface area contributed by atoms with Gasteiger partial charge < -0.3 is 4.90 Å². The maximum Gasteiger partial charge on any atom is 0.133 e. The SMILES string of the molecule is CCCC(C)N(C(=S)S)C(C)CCC. The van der Waals surface area contributed by atoms with Crippen molar-refractivity contribution in [1.82, 2.24) is 4.90 Å². The van der Waals surface area contributed by atoms with E-state index >= 15 is 0 Å². The molecule has 3 heteroatoms. The molecule has 0 bridgehead atoms. The van der Waals surface area contributed by atoms with E-state index in [-0.39, 0.29) is 0 Å². The minimum absolute atomic E-state index is 0.520. The van der Waals surface area contributed by atoms with Gasteiger partial charge in [0.15, 0.2) is 0 Å². The largest absolute Gasteiger partial charge is 0.352 e. The van der Waals surface area contributed by atoms with Gasteiger partial charge in [0.2, 0.25) is 0 Å². The van der Waals surface area contributed by atoms with E-state index in [4.69, 9.17) is 12.2 Å². The summed E-state index contributed by atoms with van der Waals surface area (Å²) in [5.74, 6) is 0. The highest BCUT2D eigenvalue weighted by molar-refractivity contribution is 8.10. The van der Waals surface area contributed by atoms with Crippen LogP contribution in [0, 0.1) is 0 Å². The van der Waals surface area contributed by atoms with Crippen molar-refractivity contribution in [3.63, 3.8) is 0 Å². The minimum atomic E-state index is 0.520. The lowest BCUT2D eigenvalue weighted by molar-refractivity contribution is 0.247. The zero-order chi connectivity index (χ0) is 11.1. The third-order valence-corrected chi connectivity index (χ3v) is 3.03. The van der Waals surface area contributed by atoms with Gasteiger partial charge in [0, 0.05) is 12.1 Å². The van der Waals surface area contributed by atoms with E-state index in [1.807, 2.05) is 0 Å². The van der Waals surface area contributed by atoms with Crippen LogP contribution in [0.3, 0.4) is 0 Å². The van der Waals surface area contributed by atoms with Crippen LogP contribution >= 0.6 is 24.8 Å². The standard InChI is InChI=1S/C11H23NS2/c1-5-7-9(3)12(11(13)14)10(4)8-6-2/h9-10H,5-8H2,1-4H3,(H,13,14). The lowest BCUT2D eigenvalue weighted by Crippen LogP contribution is -2.41. The molecule has 0 aliphatic carbocycles. The molecule has 0 aromatic rings. The quantitative estimate of drug-likeness (QED) is 0.548. The molecule has 1 nitrogen and oxygen atoms in total. The van der Waals surface area contributed by atoms with Gasteiger partial charge in [-0.3, -0.25) is 0 Å². The molecule has 0 saturated heterocycles. The molecule has 0 fully saturated rings. The molecule has 0 aromatic heterocycles. The Bertz CT molecular complexity index is 159. The molecular weight excluding hydrogens is 210 g/mol. The second-order valence-electron chi connectivity index (χ2n) is 3.97. The summed E-state index contributed by atoms with van der Waals surface area (Å²) >= 11 is 9.50. The smallest absolute Gasteiger partial charge is 0.133 e. The van der Waals surface area contributed by atoms with E-state index in [0.717, 1.165) is 4.32 Å². The normalized spacial score (nSPS) is 14.9. The number of thiol groups is 1. The third-order valence-electron chi connectivity index (χ3n) is 2.58. The van der Waals surface area contributed by atoms with Crippen molar-refractivity contribution in [2.45, 2.75) is 65.5 Å². The zero-order valence-electron chi connectivity index (χ0n) is 9.79. The van der Waals surface area contributed by atoms with Gasteiger partial charge in [0.1, 0.15) is 4.32 Å². The molecule has 2 atom stereocenters. The molecule has 2 unspecified atom stereocenters. The van der Waals surface area contributed by atoms with Crippen LogP contribution in [0.5, 0.6) is 0 Å². The number of nitrogens with zero attached hydrogens (tertiary/aromatic N) is 1. The molecular formula is C11H23NS2. The van der Waals surface area contributed by atoms with Gasteiger partial charge >= 0.3 is 0 Å². The van der Waals surface area contributed by atoms with Crippen molar-refractivity contribution >= 4 is 29.2 Å². The summed E-state index contributed by atoms with van der Waals surface area (Å²) in [6.45, 7) is 8.89. The van der Waals surface area contributed by atoms with Crippen molar-refractivity contribution in [3.05, 3.63) is 0 Å². The third kappa shape index (κ3) is 4.65. The minimum Gasteiger partial charge on any atom is -0.352 e. The molecule has 84 valence electrons. The van der Waals surface area contributed by atoms with E-state index in [1.165, 1.54) is 25.7 Å². The van der Waals surface area contributed by atoms with Crippen LogP contribution in [0.4, 0.5) is 0 Å². The molecule has 0 rings (SSSR count). The van der Waals surface area contributed by atoms with Crippen molar-refractivity contribution in [2.75, 3.05) is 0 Å². The Labute approximate surface area is 99.7 Å². The lowest BCUT2D eigenvalue weighted by Gasteiger charge is -2.35. The Morgan fingerprint density at radius 2 is 1.50 bits per heavy atom. The first-order valence-corrected chi connectivity index (χ1v) is 6.41. The highest BCUT2D eigenvalue weighted by atomic mass is 32.1. The first-order valence-electron chi connectivity index (χ1n) is 5.55. The fourth-order valence-corrected chi connectivity index (χ4v) is 2.68. The lowest BCUT2D eigenvalue weighted by atomic mass is 10.1. The van der Waals surface area contributed by atoms with Gasteiger partial charge in [-0.2, -0.15) is 0 Å². The summed E-state index contributed by atoms with van der Waals surface area (Å²) < 4.78 is 0.743. The summed E-state index contributed by atoms with van der Waals surface area (Å²) in [7, 11) is 0. The Balaban J connectivity index is 4.33. The van der Waals surface area contributed by atoms with Crippen LogP contribution in [-0.4, -0.2) is 21.3 Å². The van der Waals surface area contributed by atoms with E-state index in [1.54, 1.807) is 0 Å². The zero-order valence-corrected chi connectivity index (χ0v) is 11.5. The van der Waals surface area contributed by atoms with Gasteiger partial charge in [0.25, 0.3) is 0 Å². The second-order valence-corrected chi connectivity index (χ2v) is 5.08. The summed E-state index contributed by atoms with van der Waals surface area (Å²) in [6.07, 6.45) is 4.78. The molecule has 0 spiro atoms. The van der Waals surface area contributed by atoms with E-state index < -0.39 is 0 Å². The number of hydrogen-bond donors (Lipinski definition) is 1. The predicted octanol–water partition coefficient (Wildman–Crippen LogP) is 3.88. The number of rotatable bonds is 6. The van der Waals surface area contributed by atoms with Crippen molar-refractivity contribution in [1.29, 1.82) is 0 Å². The van der Waals surface area contributed by atoms with E-state index in [2.05, 4.69) is 45.2 Å². The van der Waals surface area contributed by atoms with Gasteiger partial charge in [0.05, 0.1) is 0 Å². The van der Waals surface area contributed by atoms with Crippen LogP contribution in [0.2, 0.25) is 0 Å². The van der Waals surface area contributed by atoms with E-state index in [0.29, 0.717) is 12.1 Å². The molecule has 0 heterocycles. The van der Waals surface area contributed by atoms with Crippen LogP contribution in [0.1, 0.15) is 53.4 Å². The molecule has 0 N–H and O–H groups in total. The van der Waals surface area contributed by atoms with Gasteiger partial charge in [-0.25, -0.2) is 0 Å². The van der Waals surface area contributed by atoms with E-state index in [9.17, 15) is 0 Å². The summed E-state index contributed by atoms with van der Waals surface area (Å²) in [4.78, 5) is 2.27. The van der Waals surface area contributed by atoms with Gasteiger partial charge in [-0.1, -0.05) is 38.9 Å². The van der Waals surface area contributed by atoms with Crippen LogP contribution in [0.15, 0.2) is 0 Å². The predicted molar refractivity (Wildman–Crippen MR) is 72.2 cm³/mol. The average molecular weight is 233 g/mol. The Hall–Kier alpha value is 0.240. The molecule has 0 aliphatic rings. The second kappa shape index (κ2) is 7.52. The van der Waals surface area contributed by atoms with Crippen molar-refractivity contribution < 1.29 is 0 Å². The first kappa shape index (κ1) is 14.2. The molecule has 0 aromatic carbocycles. The molecule has 0 amide bonds. The van der Waals surface area contributed by atoms with Crippen LogP contribution < -0.4 is 0 Å². The van der Waals surface area contributed by atoms with Crippen LogP contribution in [0.25, 0.3) is 0 Å². The molecule has 0 radical (unpaired) electrons. The maximum absolute atomic E-state index is 5.19. The van der Waals surface area contributed by atoms with Gasteiger partial charge in [-0.05, 0) is 26.7 Å². The van der Waals surface area contributed by atoms with Crippen molar-refractivity contribution in [2.24, 2.45) is 0 Å². The Morgan fingerprint density at radius 1 is 1.14 bits per heavy atom. The van der Waals surface area contributed by atoms with Crippen LogP contribution in [-0.2, 0) is 0 Å². The summed E-state index contributed by atoms with van der Waals surface area (Å²) in [5.41, 5.74) is 0. The topological polar surface area (TPSA) is 3.24 Å². The summed E-state index contributed by atoms with van der Waals surface area (Å²) in [5, 5.41) is 0. The first-order chi connectivity index (χ1) is 6.54. The highest BCUT2D eigenvalue weighted by Gasteiger charge is 2.19. The molecule has 0 aliphatic heterocycles. The number of hydrogen-bond acceptors (Lipinski definition) is 1. The molecule has 0 saturated carbocycles. The monoisotopic (exact) mass is 233 g/mol. The van der Waals surface area contributed by atoms with Gasteiger partial charge in [-0.15, -0.1) is 12.6 Å². The Kier molecular flexibility index (Phi) is 7.65. The fourth-order valence-electron chi connectivity index (χ4n) is 1.93. The summed E-state index contributed by atoms with van der Waals surface area (Å²) in [6, 6.07) is 1.04.